The van der Waals surface area contributed by atoms with Crippen molar-refractivity contribution in [2.75, 3.05) is 6.61 Å². The summed E-state index contributed by atoms with van der Waals surface area (Å²) in [6, 6.07) is 6.94. The zero-order chi connectivity index (χ0) is 14.7. The Morgan fingerprint density at radius 2 is 1.85 bits per heavy atom. The fourth-order valence-electron chi connectivity index (χ4n) is 1.99. The van der Waals surface area contributed by atoms with Gasteiger partial charge in [-0.3, -0.25) is 0 Å². The molecular formula is C13H17ClO6. The average Bonchev–Trinajstić information content (AvgIpc) is 2.74. The fraction of sp³-hybridized carbons (Fsp3) is 0.538. The van der Waals surface area contributed by atoms with Crippen LogP contribution in [0.15, 0.2) is 24.3 Å². The molecule has 1 unspecified atom stereocenters. The number of hydrogen-bond acceptors (Lipinski definition) is 6. The molecule has 1 fully saturated rings. The molecule has 5 atom stereocenters. The van der Waals surface area contributed by atoms with Gasteiger partial charge in [-0.15, -0.1) is 0 Å². The lowest BCUT2D eigenvalue weighted by Gasteiger charge is -2.18. The first-order valence-electron chi connectivity index (χ1n) is 6.19. The summed E-state index contributed by atoms with van der Waals surface area (Å²) >= 11 is 5.76. The second-order valence-corrected chi connectivity index (χ2v) is 5.07. The fourth-order valence-corrected chi connectivity index (χ4v) is 2.12. The van der Waals surface area contributed by atoms with Crippen LogP contribution < -0.4 is 0 Å². The summed E-state index contributed by atoms with van der Waals surface area (Å²) in [5.74, 6) is 0. The van der Waals surface area contributed by atoms with Crippen LogP contribution in [0.1, 0.15) is 5.56 Å². The Bertz CT molecular complexity index is 425. The number of halogens is 1. The van der Waals surface area contributed by atoms with Gasteiger partial charge in [-0.05, 0) is 17.7 Å². The van der Waals surface area contributed by atoms with E-state index >= 15 is 0 Å². The molecule has 0 radical (unpaired) electrons. The van der Waals surface area contributed by atoms with Crippen molar-refractivity contribution in [2.24, 2.45) is 0 Å². The van der Waals surface area contributed by atoms with Crippen molar-refractivity contribution < 1.29 is 29.9 Å². The van der Waals surface area contributed by atoms with Crippen LogP contribution >= 0.6 is 11.6 Å². The lowest BCUT2D eigenvalue weighted by Crippen LogP contribution is -2.40. The molecule has 7 heteroatoms. The molecule has 0 saturated carbocycles. The monoisotopic (exact) mass is 304 g/mol. The molecule has 1 aromatic rings. The molecule has 0 aromatic heterocycles. The third-order valence-electron chi connectivity index (χ3n) is 3.15. The molecule has 1 aliphatic rings. The van der Waals surface area contributed by atoms with E-state index in [0.717, 1.165) is 5.56 Å². The molecule has 4 N–H and O–H groups in total. The summed E-state index contributed by atoms with van der Waals surface area (Å²) in [5.41, 5.74) is 0.825. The second kappa shape index (κ2) is 6.82. The van der Waals surface area contributed by atoms with E-state index in [-0.39, 0.29) is 6.61 Å². The number of hydrogen-bond donors (Lipinski definition) is 4. The highest BCUT2D eigenvalue weighted by molar-refractivity contribution is 6.30. The second-order valence-electron chi connectivity index (χ2n) is 4.64. The molecule has 20 heavy (non-hydrogen) atoms. The number of aliphatic hydroxyl groups excluding tert-OH is 4. The van der Waals surface area contributed by atoms with Gasteiger partial charge >= 0.3 is 0 Å². The molecule has 1 heterocycles. The SMILES string of the molecule is OC[C@@H](O)[C@H]1OC(OCc2ccc(Cl)cc2)[C@H](O)[C@H]1O. The Morgan fingerprint density at radius 1 is 1.20 bits per heavy atom. The van der Waals surface area contributed by atoms with Gasteiger partial charge in [0.2, 0.25) is 0 Å². The molecule has 0 spiro atoms. The molecule has 0 bridgehead atoms. The van der Waals surface area contributed by atoms with Gasteiger partial charge in [0.15, 0.2) is 6.29 Å². The molecule has 0 amide bonds. The van der Waals surface area contributed by atoms with E-state index in [1.807, 2.05) is 0 Å². The Hall–Kier alpha value is -0.730. The molecule has 1 saturated heterocycles. The van der Waals surface area contributed by atoms with Crippen molar-refractivity contribution in [3.8, 4) is 0 Å². The lowest BCUT2D eigenvalue weighted by molar-refractivity contribution is -0.186. The standard InChI is InChI=1S/C13H17ClO6/c14-8-3-1-7(2-4-8)6-19-13-11(18)10(17)12(20-13)9(16)5-15/h1-4,9-13,15-18H,5-6H2/t9-,10-,11-,12-,13?/m1/s1. The minimum Gasteiger partial charge on any atom is -0.394 e. The van der Waals surface area contributed by atoms with Crippen molar-refractivity contribution in [3.63, 3.8) is 0 Å². The largest absolute Gasteiger partial charge is 0.394 e. The molecule has 1 aliphatic heterocycles. The smallest absolute Gasteiger partial charge is 0.187 e. The third-order valence-corrected chi connectivity index (χ3v) is 3.40. The van der Waals surface area contributed by atoms with E-state index in [4.69, 9.17) is 26.2 Å². The number of rotatable bonds is 5. The lowest BCUT2D eigenvalue weighted by atomic mass is 10.1. The molecule has 6 nitrogen and oxygen atoms in total. The first-order chi connectivity index (χ1) is 9.52. The molecule has 112 valence electrons. The maximum Gasteiger partial charge on any atom is 0.187 e. The van der Waals surface area contributed by atoms with Crippen LogP contribution in [0.3, 0.4) is 0 Å². The van der Waals surface area contributed by atoms with E-state index in [1.54, 1.807) is 24.3 Å². The van der Waals surface area contributed by atoms with Gasteiger partial charge in [0.05, 0.1) is 13.2 Å². The van der Waals surface area contributed by atoms with Gasteiger partial charge in [0, 0.05) is 5.02 Å². The zero-order valence-corrected chi connectivity index (χ0v) is 11.3. The van der Waals surface area contributed by atoms with Gasteiger partial charge in [-0.25, -0.2) is 0 Å². The van der Waals surface area contributed by atoms with E-state index in [0.29, 0.717) is 5.02 Å². The highest BCUT2D eigenvalue weighted by atomic mass is 35.5. The van der Waals surface area contributed by atoms with Gasteiger partial charge in [0.1, 0.15) is 24.4 Å². The summed E-state index contributed by atoms with van der Waals surface area (Å²) < 4.78 is 10.6. The number of benzene rings is 1. The molecule has 0 aliphatic carbocycles. The minimum atomic E-state index is -1.31. The zero-order valence-electron chi connectivity index (χ0n) is 10.6. The Morgan fingerprint density at radius 3 is 2.45 bits per heavy atom. The van der Waals surface area contributed by atoms with E-state index < -0.39 is 37.3 Å². The average molecular weight is 305 g/mol. The van der Waals surface area contributed by atoms with Crippen LogP contribution in [0, 0.1) is 0 Å². The van der Waals surface area contributed by atoms with Gasteiger partial charge in [-0.2, -0.15) is 0 Å². The molecular weight excluding hydrogens is 288 g/mol. The normalized spacial score (nSPS) is 31.4. The summed E-state index contributed by atoms with van der Waals surface area (Å²) in [6.07, 6.45) is -6.01. The topological polar surface area (TPSA) is 99.4 Å². The number of aliphatic hydroxyl groups is 4. The Kier molecular flexibility index (Phi) is 5.34. The van der Waals surface area contributed by atoms with Crippen LogP contribution in [0.5, 0.6) is 0 Å². The van der Waals surface area contributed by atoms with Crippen LogP contribution in [-0.2, 0) is 16.1 Å². The quantitative estimate of drug-likeness (QED) is 0.594. The summed E-state index contributed by atoms with van der Waals surface area (Å²) in [5, 5.41) is 38.4. The van der Waals surface area contributed by atoms with Crippen molar-refractivity contribution in [1.82, 2.24) is 0 Å². The minimum absolute atomic E-state index is 0.160. The van der Waals surface area contributed by atoms with Crippen molar-refractivity contribution in [3.05, 3.63) is 34.9 Å². The van der Waals surface area contributed by atoms with Crippen LogP contribution in [0.25, 0.3) is 0 Å². The van der Waals surface area contributed by atoms with E-state index in [2.05, 4.69) is 0 Å². The van der Waals surface area contributed by atoms with Crippen LogP contribution in [-0.4, -0.2) is 57.7 Å². The summed E-state index contributed by atoms with van der Waals surface area (Å²) in [4.78, 5) is 0. The highest BCUT2D eigenvalue weighted by Crippen LogP contribution is 2.25. The first kappa shape index (κ1) is 15.7. The van der Waals surface area contributed by atoms with Crippen molar-refractivity contribution >= 4 is 11.6 Å². The van der Waals surface area contributed by atoms with Gasteiger partial charge in [0.25, 0.3) is 0 Å². The predicted molar refractivity (Wildman–Crippen MR) is 70.0 cm³/mol. The maximum atomic E-state index is 9.78. The van der Waals surface area contributed by atoms with Gasteiger partial charge < -0.3 is 29.9 Å². The van der Waals surface area contributed by atoms with Crippen LogP contribution in [0.4, 0.5) is 0 Å². The van der Waals surface area contributed by atoms with Crippen molar-refractivity contribution in [1.29, 1.82) is 0 Å². The first-order valence-corrected chi connectivity index (χ1v) is 6.57. The third kappa shape index (κ3) is 3.48. The highest BCUT2D eigenvalue weighted by Gasteiger charge is 2.46. The Labute approximate surface area is 121 Å². The van der Waals surface area contributed by atoms with Gasteiger partial charge in [-0.1, -0.05) is 23.7 Å². The number of ether oxygens (including phenoxy) is 2. The predicted octanol–water partition coefficient (Wildman–Crippen LogP) is -0.344. The van der Waals surface area contributed by atoms with E-state index in [1.165, 1.54) is 0 Å². The molecule has 2 rings (SSSR count). The van der Waals surface area contributed by atoms with E-state index in [9.17, 15) is 15.3 Å². The Balaban J connectivity index is 1.91. The molecule has 1 aromatic carbocycles. The maximum absolute atomic E-state index is 9.78. The van der Waals surface area contributed by atoms with Crippen LogP contribution in [0.2, 0.25) is 5.02 Å². The van der Waals surface area contributed by atoms with Crippen molar-refractivity contribution in [2.45, 2.75) is 37.3 Å². The summed E-state index contributed by atoms with van der Waals surface area (Å²) in [6.45, 7) is -0.411. The summed E-state index contributed by atoms with van der Waals surface area (Å²) in [7, 11) is 0.